The molecule has 2 amide bonds. The van der Waals surface area contributed by atoms with Gasteiger partial charge in [0.1, 0.15) is 0 Å². The predicted octanol–water partition coefficient (Wildman–Crippen LogP) is 4.42. The summed E-state index contributed by atoms with van der Waals surface area (Å²) in [6, 6.07) is 22.5. The van der Waals surface area contributed by atoms with Gasteiger partial charge in [0.15, 0.2) is 0 Å². The average molecular weight is 495 g/mol. The Morgan fingerprint density at radius 1 is 0.812 bits per heavy atom. The molecule has 0 saturated carbocycles. The first-order valence-electron chi connectivity index (χ1n) is 10.3. The van der Waals surface area contributed by atoms with Gasteiger partial charge in [-0.3, -0.25) is 0 Å². The zero-order valence-corrected chi connectivity index (χ0v) is 20.5. The Bertz CT molecular complexity index is 1000. The third kappa shape index (κ3) is 6.07. The van der Waals surface area contributed by atoms with Crippen molar-refractivity contribution >= 4 is 42.6 Å². The summed E-state index contributed by atoms with van der Waals surface area (Å²) in [5.41, 5.74) is 3.58. The fourth-order valence-corrected chi connectivity index (χ4v) is 4.90. The zero-order valence-electron chi connectivity index (χ0n) is 18.8. The number of methoxy groups -OCH3 is 1. The Morgan fingerprint density at radius 3 is 1.62 bits per heavy atom. The summed E-state index contributed by atoms with van der Waals surface area (Å²) in [4.78, 5) is 26.7. The van der Waals surface area contributed by atoms with E-state index in [9.17, 15) is 9.59 Å². The molecule has 32 heavy (non-hydrogen) atoms. The molecule has 0 unspecified atom stereocenters. The van der Waals surface area contributed by atoms with Crippen LogP contribution in [-0.2, 0) is 10.2 Å². The number of hydrogen-bond acceptors (Lipinski definition) is 3. The van der Waals surface area contributed by atoms with E-state index in [1.165, 1.54) is 0 Å². The number of rotatable bonds is 7. The van der Waals surface area contributed by atoms with Crippen LogP contribution in [0.3, 0.4) is 0 Å². The van der Waals surface area contributed by atoms with Gasteiger partial charge in [-0.1, -0.05) is 0 Å². The second-order valence-corrected chi connectivity index (χ2v) is 10.3. The number of para-hydroxylation sites is 2. The van der Waals surface area contributed by atoms with Gasteiger partial charge >= 0.3 is 196 Å². The van der Waals surface area contributed by atoms with Crippen molar-refractivity contribution in [3.05, 3.63) is 89.5 Å². The van der Waals surface area contributed by atoms with Gasteiger partial charge in [-0.15, -0.1) is 0 Å². The van der Waals surface area contributed by atoms with Gasteiger partial charge in [-0.2, -0.15) is 0 Å². The van der Waals surface area contributed by atoms with Crippen LogP contribution >= 0.6 is 0 Å². The third-order valence-electron chi connectivity index (χ3n) is 4.83. The SMILES string of the molecule is COC[Se]c1c(C(=O)Nc2ccccc2)cc(C(C)(C)C)cc1C(=O)Nc1ccccc1. The van der Waals surface area contributed by atoms with E-state index in [-0.39, 0.29) is 32.2 Å². The quantitative estimate of drug-likeness (QED) is 0.477. The van der Waals surface area contributed by atoms with Crippen molar-refractivity contribution in [2.45, 2.75) is 26.2 Å². The van der Waals surface area contributed by atoms with Gasteiger partial charge in [0, 0.05) is 0 Å². The molecule has 2 N–H and O–H groups in total. The first kappa shape index (κ1) is 23.7. The third-order valence-corrected chi connectivity index (χ3v) is 7.10. The fraction of sp³-hybridized carbons (Fsp3) is 0.231. The van der Waals surface area contributed by atoms with Crippen LogP contribution in [0.25, 0.3) is 0 Å². The number of carbonyl (C=O) groups is 2. The minimum absolute atomic E-state index is 0.224. The maximum absolute atomic E-state index is 13.3. The first-order chi connectivity index (χ1) is 15.3. The van der Waals surface area contributed by atoms with Crippen molar-refractivity contribution in [1.29, 1.82) is 0 Å². The molecule has 0 aliphatic carbocycles. The Balaban J connectivity index is 2.09. The molecule has 0 heterocycles. The van der Waals surface area contributed by atoms with Crippen LogP contribution in [0.4, 0.5) is 11.4 Å². The minimum atomic E-state index is -0.240. The molecule has 0 saturated heterocycles. The molecule has 3 rings (SSSR count). The van der Waals surface area contributed by atoms with Crippen LogP contribution in [0.5, 0.6) is 0 Å². The number of nitrogens with one attached hydrogen (secondary N) is 2. The standard InChI is InChI=1S/C26H28N2O3Se/c1-26(2,3)18-15-21(24(29)27-19-11-7-5-8-12-19)23(32-17-31-4)22(16-18)25(30)28-20-13-9-6-10-14-20/h5-16H,17H2,1-4H3,(H,27,29)(H,28,30). The van der Waals surface area contributed by atoms with Crippen LogP contribution in [0.2, 0.25) is 0 Å². The molecule has 0 aliphatic rings. The van der Waals surface area contributed by atoms with Crippen molar-refractivity contribution in [2.24, 2.45) is 0 Å². The Labute approximate surface area is 195 Å². The summed E-state index contributed by atoms with van der Waals surface area (Å²) in [7, 11) is 1.62. The van der Waals surface area contributed by atoms with Gasteiger partial charge in [-0.05, 0) is 0 Å². The van der Waals surface area contributed by atoms with Crippen LogP contribution in [0.1, 0.15) is 47.1 Å². The summed E-state index contributed by atoms with van der Waals surface area (Å²) < 4.78 is 6.04. The van der Waals surface area contributed by atoms with Crippen LogP contribution in [0.15, 0.2) is 72.8 Å². The van der Waals surface area contributed by atoms with Gasteiger partial charge in [0.2, 0.25) is 0 Å². The number of amides is 2. The van der Waals surface area contributed by atoms with E-state index in [1.54, 1.807) is 7.11 Å². The van der Waals surface area contributed by atoms with Crippen molar-refractivity contribution in [3.8, 4) is 0 Å². The van der Waals surface area contributed by atoms with Crippen molar-refractivity contribution in [3.63, 3.8) is 0 Å². The zero-order chi connectivity index (χ0) is 23.1. The van der Waals surface area contributed by atoms with Gasteiger partial charge in [0.25, 0.3) is 0 Å². The molecular formula is C26H28N2O3Se. The number of ether oxygens (including phenoxy) is 1. The second-order valence-electron chi connectivity index (χ2n) is 8.34. The first-order valence-corrected chi connectivity index (χ1v) is 12.4. The van der Waals surface area contributed by atoms with E-state index in [0.717, 1.165) is 10.0 Å². The second kappa shape index (κ2) is 10.6. The molecule has 0 spiro atoms. The number of benzene rings is 3. The van der Waals surface area contributed by atoms with Crippen molar-refractivity contribution < 1.29 is 14.3 Å². The molecule has 0 radical (unpaired) electrons. The van der Waals surface area contributed by atoms with Gasteiger partial charge in [-0.25, -0.2) is 0 Å². The molecule has 6 heteroatoms. The Hall–Kier alpha value is -2.92. The van der Waals surface area contributed by atoms with Crippen LogP contribution < -0.4 is 15.1 Å². The molecule has 0 aromatic heterocycles. The Morgan fingerprint density at radius 2 is 1.25 bits per heavy atom. The van der Waals surface area contributed by atoms with E-state index in [2.05, 4.69) is 31.4 Å². The summed E-state index contributed by atoms with van der Waals surface area (Å²) in [5.74, 6) is -0.465. The van der Waals surface area contributed by atoms with Crippen molar-refractivity contribution in [1.82, 2.24) is 0 Å². The predicted molar refractivity (Wildman–Crippen MR) is 131 cm³/mol. The summed E-state index contributed by atoms with van der Waals surface area (Å²) >= 11 is -0.224. The molecular weight excluding hydrogens is 467 g/mol. The molecule has 166 valence electrons. The topological polar surface area (TPSA) is 67.4 Å². The van der Waals surface area contributed by atoms with Gasteiger partial charge < -0.3 is 0 Å². The van der Waals surface area contributed by atoms with Crippen molar-refractivity contribution in [2.75, 3.05) is 23.2 Å². The van der Waals surface area contributed by atoms with Gasteiger partial charge in [0.05, 0.1) is 0 Å². The van der Waals surface area contributed by atoms with Crippen LogP contribution in [0, 0.1) is 0 Å². The number of anilines is 2. The fourth-order valence-electron chi connectivity index (χ4n) is 3.11. The summed E-state index contributed by atoms with van der Waals surface area (Å²) in [5, 5.41) is 5.94. The maximum atomic E-state index is 13.3. The molecule has 5 nitrogen and oxygen atoms in total. The summed E-state index contributed by atoms with van der Waals surface area (Å²) in [6.45, 7) is 6.21. The molecule has 3 aromatic carbocycles. The van der Waals surface area contributed by atoms with E-state index in [4.69, 9.17) is 4.74 Å². The Kier molecular flexibility index (Phi) is 7.86. The molecule has 0 bridgehead atoms. The molecule has 0 aliphatic heterocycles. The molecule has 0 atom stereocenters. The van der Waals surface area contributed by atoms with Crippen LogP contribution in [-0.4, -0.2) is 39.4 Å². The number of carbonyl (C=O) groups excluding carboxylic acids is 2. The van der Waals surface area contributed by atoms with E-state index < -0.39 is 0 Å². The molecule has 0 fully saturated rings. The number of hydrogen-bond donors (Lipinski definition) is 2. The molecule has 3 aromatic rings. The van der Waals surface area contributed by atoms with E-state index in [0.29, 0.717) is 28.0 Å². The monoisotopic (exact) mass is 496 g/mol. The summed E-state index contributed by atoms with van der Waals surface area (Å²) in [6.07, 6.45) is 0. The normalized spacial score (nSPS) is 11.1. The average Bonchev–Trinajstić information content (AvgIpc) is 2.77. The van der Waals surface area contributed by atoms with E-state index in [1.807, 2.05) is 72.8 Å². The van der Waals surface area contributed by atoms with E-state index >= 15 is 0 Å².